The van der Waals surface area contributed by atoms with Gasteiger partial charge in [-0.1, -0.05) is 19.3 Å². The maximum absolute atomic E-state index is 12.0. The van der Waals surface area contributed by atoms with Gasteiger partial charge in [0.2, 0.25) is 0 Å². The molecule has 24 heavy (non-hydrogen) atoms. The second-order valence-electron chi connectivity index (χ2n) is 5.41. The van der Waals surface area contributed by atoms with Crippen LogP contribution in [-0.4, -0.2) is 43.3 Å². The Kier molecular flexibility index (Phi) is 6.88. The van der Waals surface area contributed by atoms with Crippen LogP contribution in [0.3, 0.4) is 0 Å². The lowest BCUT2D eigenvalue weighted by Crippen LogP contribution is -2.24. The van der Waals surface area contributed by atoms with Gasteiger partial charge in [0, 0.05) is 19.2 Å². The first kappa shape index (κ1) is 17.6. The van der Waals surface area contributed by atoms with E-state index < -0.39 is 5.97 Å². The zero-order valence-corrected chi connectivity index (χ0v) is 13.4. The molecule has 2 N–H and O–H groups in total. The summed E-state index contributed by atoms with van der Waals surface area (Å²) >= 11 is 0. The molecule has 8 heteroatoms. The molecule has 0 saturated carbocycles. The van der Waals surface area contributed by atoms with Gasteiger partial charge in [-0.2, -0.15) is 5.10 Å². The highest BCUT2D eigenvalue weighted by atomic mass is 16.4. The molecule has 1 amide bonds. The van der Waals surface area contributed by atoms with Gasteiger partial charge in [0.1, 0.15) is 12.7 Å². The molecule has 0 aromatic carbocycles. The summed E-state index contributed by atoms with van der Waals surface area (Å²) in [5, 5.41) is 15.4. The molecule has 0 unspecified atom stereocenters. The molecule has 0 bridgehead atoms. The van der Waals surface area contributed by atoms with E-state index in [1.54, 1.807) is 18.5 Å². The number of unbranched alkanes of at least 4 members (excludes halogenated alkanes) is 4. The summed E-state index contributed by atoms with van der Waals surface area (Å²) in [6.45, 7) is 0.600. The van der Waals surface area contributed by atoms with Crippen molar-refractivity contribution in [3.63, 3.8) is 0 Å². The summed E-state index contributed by atoms with van der Waals surface area (Å²) in [5.74, 6) is -0.297. The van der Waals surface area contributed by atoms with E-state index in [0.717, 1.165) is 25.7 Å². The molecular formula is C16H21N5O3. The van der Waals surface area contributed by atoms with Crippen LogP contribution in [0.25, 0.3) is 5.82 Å². The predicted octanol–water partition coefficient (Wildman–Crippen LogP) is 1.82. The number of hydrogen-bond acceptors (Lipinski definition) is 5. The molecule has 0 spiro atoms. The van der Waals surface area contributed by atoms with Crippen LogP contribution < -0.4 is 5.32 Å². The highest BCUT2D eigenvalue weighted by Gasteiger charge is 2.06. The van der Waals surface area contributed by atoms with Gasteiger partial charge in [0.05, 0.1) is 5.56 Å². The van der Waals surface area contributed by atoms with E-state index >= 15 is 0 Å². The van der Waals surface area contributed by atoms with Crippen molar-refractivity contribution in [2.24, 2.45) is 0 Å². The molecule has 2 heterocycles. The van der Waals surface area contributed by atoms with Gasteiger partial charge >= 0.3 is 5.97 Å². The number of pyridine rings is 1. The molecule has 2 aromatic rings. The van der Waals surface area contributed by atoms with E-state index in [2.05, 4.69) is 20.4 Å². The van der Waals surface area contributed by atoms with Gasteiger partial charge in [0.15, 0.2) is 5.82 Å². The average molecular weight is 331 g/mol. The summed E-state index contributed by atoms with van der Waals surface area (Å²) < 4.78 is 1.52. The molecule has 0 aliphatic carbocycles. The van der Waals surface area contributed by atoms with Crippen LogP contribution in [0.2, 0.25) is 0 Å². The molecule has 0 radical (unpaired) electrons. The lowest BCUT2D eigenvalue weighted by Gasteiger charge is -2.06. The van der Waals surface area contributed by atoms with Crippen molar-refractivity contribution in [3.8, 4) is 5.82 Å². The molecule has 2 aromatic heterocycles. The fourth-order valence-electron chi connectivity index (χ4n) is 2.22. The highest BCUT2D eigenvalue weighted by Crippen LogP contribution is 2.06. The van der Waals surface area contributed by atoms with E-state index in [4.69, 9.17) is 5.11 Å². The first-order valence-electron chi connectivity index (χ1n) is 7.98. The standard InChI is InChI=1S/C16H21N5O3/c22-15(23)6-4-2-1-3-5-9-18-16(24)13-7-8-14(19-10-13)21-12-17-11-20-21/h7-8,10-12H,1-6,9H2,(H,18,24)(H,22,23). The number of rotatable bonds is 10. The Morgan fingerprint density at radius 3 is 2.58 bits per heavy atom. The van der Waals surface area contributed by atoms with Gasteiger partial charge < -0.3 is 10.4 Å². The zero-order chi connectivity index (χ0) is 17.2. The fourth-order valence-corrected chi connectivity index (χ4v) is 2.22. The van der Waals surface area contributed by atoms with E-state index in [1.807, 2.05) is 0 Å². The van der Waals surface area contributed by atoms with Crippen LogP contribution in [0.15, 0.2) is 31.0 Å². The van der Waals surface area contributed by atoms with E-state index in [9.17, 15) is 9.59 Å². The number of amides is 1. The van der Waals surface area contributed by atoms with Crippen LogP contribution in [0, 0.1) is 0 Å². The van der Waals surface area contributed by atoms with Crippen molar-refractivity contribution in [2.75, 3.05) is 6.54 Å². The predicted molar refractivity (Wildman–Crippen MR) is 86.8 cm³/mol. The molecule has 0 atom stereocenters. The molecule has 2 rings (SSSR count). The number of aliphatic carboxylic acids is 1. The Hall–Kier alpha value is -2.77. The number of hydrogen-bond donors (Lipinski definition) is 2. The quantitative estimate of drug-likeness (QED) is 0.643. The maximum atomic E-state index is 12.0. The SMILES string of the molecule is O=C(O)CCCCCCCNC(=O)c1ccc(-n2cncn2)nc1. The third kappa shape index (κ3) is 5.79. The van der Waals surface area contributed by atoms with Crippen molar-refractivity contribution in [2.45, 2.75) is 38.5 Å². The monoisotopic (exact) mass is 331 g/mol. The third-order valence-corrected chi connectivity index (χ3v) is 3.52. The fraction of sp³-hybridized carbons (Fsp3) is 0.438. The van der Waals surface area contributed by atoms with Crippen LogP contribution in [0.1, 0.15) is 48.9 Å². The molecule has 0 fully saturated rings. The molecule has 8 nitrogen and oxygen atoms in total. The van der Waals surface area contributed by atoms with E-state index in [1.165, 1.54) is 17.2 Å². The number of nitrogens with zero attached hydrogens (tertiary/aromatic N) is 4. The Bertz CT molecular complexity index is 640. The van der Waals surface area contributed by atoms with Crippen LogP contribution in [0.5, 0.6) is 0 Å². The Morgan fingerprint density at radius 2 is 1.92 bits per heavy atom. The van der Waals surface area contributed by atoms with E-state index in [0.29, 0.717) is 24.3 Å². The number of carboxylic acid groups (broad SMARTS) is 1. The third-order valence-electron chi connectivity index (χ3n) is 3.52. The minimum absolute atomic E-state index is 0.154. The number of nitrogens with one attached hydrogen (secondary N) is 1. The first-order chi connectivity index (χ1) is 11.7. The minimum Gasteiger partial charge on any atom is -0.481 e. The second kappa shape index (κ2) is 9.39. The lowest BCUT2D eigenvalue weighted by atomic mass is 10.1. The van der Waals surface area contributed by atoms with Gasteiger partial charge in [0.25, 0.3) is 5.91 Å². The van der Waals surface area contributed by atoms with Crippen molar-refractivity contribution in [1.82, 2.24) is 25.1 Å². The van der Waals surface area contributed by atoms with Crippen molar-refractivity contribution in [1.29, 1.82) is 0 Å². The smallest absolute Gasteiger partial charge is 0.303 e. The van der Waals surface area contributed by atoms with Gasteiger partial charge in [-0.3, -0.25) is 9.59 Å². The van der Waals surface area contributed by atoms with Crippen LogP contribution in [-0.2, 0) is 4.79 Å². The summed E-state index contributed by atoms with van der Waals surface area (Å²) in [7, 11) is 0. The topological polar surface area (TPSA) is 110 Å². The second-order valence-corrected chi connectivity index (χ2v) is 5.41. The lowest BCUT2D eigenvalue weighted by molar-refractivity contribution is -0.137. The largest absolute Gasteiger partial charge is 0.481 e. The number of carbonyl (C=O) groups excluding carboxylic acids is 1. The summed E-state index contributed by atoms with van der Waals surface area (Å²) in [4.78, 5) is 30.4. The summed E-state index contributed by atoms with van der Waals surface area (Å²) in [6, 6.07) is 3.41. The minimum atomic E-state index is -0.745. The Labute approximate surface area is 139 Å². The highest BCUT2D eigenvalue weighted by molar-refractivity contribution is 5.93. The van der Waals surface area contributed by atoms with Crippen molar-refractivity contribution >= 4 is 11.9 Å². The molecule has 0 saturated heterocycles. The number of carbonyl (C=O) groups is 2. The van der Waals surface area contributed by atoms with E-state index in [-0.39, 0.29) is 12.3 Å². The summed E-state index contributed by atoms with van der Waals surface area (Å²) in [6.07, 6.45) is 9.17. The van der Waals surface area contributed by atoms with Crippen molar-refractivity contribution < 1.29 is 14.7 Å². The molecule has 128 valence electrons. The normalized spacial score (nSPS) is 10.5. The Morgan fingerprint density at radius 1 is 1.12 bits per heavy atom. The number of aromatic nitrogens is 4. The van der Waals surface area contributed by atoms with Crippen molar-refractivity contribution in [3.05, 3.63) is 36.5 Å². The van der Waals surface area contributed by atoms with Gasteiger partial charge in [-0.15, -0.1) is 0 Å². The molecular weight excluding hydrogens is 310 g/mol. The average Bonchev–Trinajstić information content (AvgIpc) is 3.11. The maximum Gasteiger partial charge on any atom is 0.303 e. The van der Waals surface area contributed by atoms with Gasteiger partial charge in [-0.25, -0.2) is 14.6 Å². The van der Waals surface area contributed by atoms with Crippen LogP contribution >= 0.6 is 0 Å². The number of carboxylic acids is 1. The molecule has 0 aliphatic heterocycles. The van der Waals surface area contributed by atoms with Gasteiger partial charge in [-0.05, 0) is 25.0 Å². The first-order valence-corrected chi connectivity index (χ1v) is 7.98. The summed E-state index contributed by atoms with van der Waals surface area (Å²) in [5.41, 5.74) is 0.500. The molecule has 0 aliphatic rings. The Balaban J connectivity index is 1.63. The zero-order valence-electron chi connectivity index (χ0n) is 13.4. The van der Waals surface area contributed by atoms with Crippen LogP contribution in [0.4, 0.5) is 0 Å².